The van der Waals surface area contributed by atoms with Crippen molar-refractivity contribution in [1.82, 2.24) is 0 Å². The predicted octanol–water partition coefficient (Wildman–Crippen LogP) is 3.24. The van der Waals surface area contributed by atoms with E-state index in [0.717, 1.165) is 12.3 Å². The molecule has 0 N–H and O–H groups in total. The molecule has 0 aromatic rings. The van der Waals surface area contributed by atoms with E-state index in [1.165, 1.54) is 25.7 Å². The summed E-state index contributed by atoms with van der Waals surface area (Å²) < 4.78 is 0. The Morgan fingerprint density at radius 2 is 2.08 bits per heavy atom. The van der Waals surface area contributed by atoms with Crippen molar-refractivity contribution >= 4 is 12.1 Å². The van der Waals surface area contributed by atoms with E-state index < -0.39 is 0 Å². The molecule has 0 aliphatic rings. The Balaban J connectivity index is 3.61. The van der Waals surface area contributed by atoms with E-state index >= 15 is 0 Å². The number of hydrogen-bond donors (Lipinski definition) is 0. The van der Waals surface area contributed by atoms with Crippen LogP contribution >= 0.6 is 0 Å². The molecule has 74 valence electrons. The van der Waals surface area contributed by atoms with E-state index in [9.17, 15) is 0 Å². The zero-order valence-electron chi connectivity index (χ0n) is 8.79. The molecule has 2 nitrogen and oxygen atoms in total. The molecule has 0 aliphatic carbocycles. The van der Waals surface area contributed by atoms with E-state index in [0.29, 0.717) is 0 Å². The summed E-state index contributed by atoms with van der Waals surface area (Å²) in [5.41, 5.74) is 0. The summed E-state index contributed by atoms with van der Waals surface area (Å²) >= 11 is 0. The second kappa shape index (κ2) is 9.17. The maximum Gasteiger partial charge on any atom is 0.122 e. The molecule has 0 aliphatic heterocycles. The monoisotopic (exact) mass is 180 g/mol. The highest BCUT2D eigenvalue weighted by molar-refractivity contribution is 5.91. The SMILES string of the molecule is C=CC=NC(CCCCCC)=NC. The first-order valence-corrected chi connectivity index (χ1v) is 4.95. The number of unbranched alkanes of at least 4 members (excludes halogenated alkanes) is 3. The third-order valence-corrected chi connectivity index (χ3v) is 1.84. The standard InChI is InChI=1S/C11H20N2/c1-4-6-7-8-9-11(12-3)13-10-5-2/h5,10H,2,4,6-9H2,1,3H3. The van der Waals surface area contributed by atoms with Gasteiger partial charge in [0.05, 0.1) is 0 Å². The first-order chi connectivity index (χ1) is 6.35. The van der Waals surface area contributed by atoms with E-state index in [2.05, 4.69) is 23.5 Å². The van der Waals surface area contributed by atoms with Crippen LogP contribution in [0.1, 0.15) is 39.0 Å². The van der Waals surface area contributed by atoms with Crippen molar-refractivity contribution in [3.63, 3.8) is 0 Å². The molecule has 2 heteroatoms. The number of aliphatic imine (C=N–C) groups is 2. The highest BCUT2D eigenvalue weighted by Crippen LogP contribution is 2.03. The smallest absolute Gasteiger partial charge is 0.122 e. The normalized spacial score (nSPS) is 12.3. The lowest BCUT2D eigenvalue weighted by Gasteiger charge is -1.98. The fourth-order valence-electron chi connectivity index (χ4n) is 1.08. The first-order valence-electron chi connectivity index (χ1n) is 4.95. The largest absolute Gasteiger partial charge is 0.274 e. The van der Waals surface area contributed by atoms with Crippen LogP contribution in [0.25, 0.3) is 0 Å². The van der Waals surface area contributed by atoms with Gasteiger partial charge in [-0.2, -0.15) is 0 Å². The summed E-state index contributed by atoms with van der Waals surface area (Å²) in [5, 5.41) is 0. The maximum absolute atomic E-state index is 4.17. The van der Waals surface area contributed by atoms with Crippen LogP contribution in [-0.4, -0.2) is 19.1 Å². The maximum atomic E-state index is 4.17. The van der Waals surface area contributed by atoms with Crippen LogP contribution in [0.5, 0.6) is 0 Å². The number of amidine groups is 1. The lowest BCUT2D eigenvalue weighted by Crippen LogP contribution is -1.94. The van der Waals surface area contributed by atoms with Gasteiger partial charge in [-0.15, -0.1) is 0 Å². The van der Waals surface area contributed by atoms with Gasteiger partial charge < -0.3 is 0 Å². The van der Waals surface area contributed by atoms with Crippen LogP contribution in [-0.2, 0) is 0 Å². The lowest BCUT2D eigenvalue weighted by atomic mass is 10.1. The van der Waals surface area contributed by atoms with Gasteiger partial charge in [0.25, 0.3) is 0 Å². The topological polar surface area (TPSA) is 24.7 Å². The second-order valence-corrected chi connectivity index (χ2v) is 2.96. The summed E-state index contributed by atoms with van der Waals surface area (Å²) in [5.74, 6) is 0.927. The van der Waals surface area contributed by atoms with Crippen molar-refractivity contribution in [1.29, 1.82) is 0 Å². The molecule has 0 unspecified atom stereocenters. The van der Waals surface area contributed by atoms with Gasteiger partial charge in [-0.1, -0.05) is 38.8 Å². The van der Waals surface area contributed by atoms with Gasteiger partial charge in [-0.05, 0) is 6.42 Å². The van der Waals surface area contributed by atoms with E-state index in [-0.39, 0.29) is 0 Å². The molecule has 0 heterocycles. The van der Waals surface area contributed by atoms with Crippen molar-refractivity contribution in [2.24, 2.45) is 9.98 Å². The average Bonchev–Trinajstić information content (AvgIpc) is 2.17. The summed E-state index contributed by atoms with van der Waals surface area (Å²) in [6.07, 6.45) is 9.41. The minimum Gasteiger partial charge on any atom is -0.274 e. The molecule has 0 amide bonds. The van der Waals surface area contributed by atoms with Crippen molar-refractivity contribution in [3.8, 4) is 0 Å². The van der Waals surface area contributed by atoms with Gasteiger partial charge in [0.2, 0.25) is 0 Å². The zero-order chi connectivity index (χ0) is 9.94. The summed E-state index contributed by atoms with van der Waals surface area (Å²) in [6, 6.07) is 0. The quantitative estimate of drug-likeness (QED) is 0.340. The van der Waals surface area contributed by atoms with E-state index in [4.69, 9.17) is 0 Å². The Labute approximate surface area is 81.5 Å². The molecular weight excluding hydrogens is 160 g/mol. The summed E-state index contributed by atoms with van der Waals surface area (Å²) in [4.78, 5) is 8.26. The van der Waals surface area contributed by atoms with Crippen molar-refractivity contribution in [2.75, 3.05) is 7.05 Å². The highest BCUT2D eigenvalue weighted by Gasteiger charge is 1.93. The Morgan fingerprint density at radius 1 is 1.31 bits per heavy atom. The average molecular weight is 180 g/mol. The van der Waals surface area contributed by atoms with Crippen LogP contribution in [0.4, 0.5) is 0 Å². The van der Waals surface area contributed by atoms with Crippen LogP contribution in [0, 0.1) is 0 Å². The molecule has 0 bridgehead atoms. The molecule has 0 saturated carbocycles. The van der Waals surface area contributed by atoms with Gasteiger partial charge in [-0.3, -0.25) is 4.99 Å². The van der Waals surface area contributed by atoms with Gasteiger partial charge in [0.1, 0.15) is 5.84 Å². The molecule has 0 saturated heterocycles. The van der Waals surface area contributed by atoms with E-state index in [1.807, 2.05) is 0 Å². The molecule has 0 aromatic heterocycles. The molecule has 0 aromatic carbocycles. The van der Waals surface area contributed by atoms with E-state index in [1.54, 1.807) is 19.3 Å². The fourth-order valence-corrected chi connectivity index (χ4v) is 1.08. The predicted molar refractivity (Wildman–Crippen MR) is 60.8 cm³/mol. The first kappa shape index (κ1) is 12.1. The number of nitrogens with zero attached hydrogens (tertiary/aromatic N) is 2. The minimum atomic E-state index is 0.927. The van der Waals surface area contributed by atoms with Crippen molar-refractivity contribution in [3.05, 3.63) is 12.7 Å². The number of rotatable bonds is 6. The molecule has 0 atom stereocenters. The Hall–Kier alpha value is -0.920. The zero-order valence-corrected chi connectivity index (χ0v) is 8.79. The van der Waals surface area contributed by atoms with Gasteiger partial charge in [0.15, 0.2) is 0 Å². The van der Waals surface area contributed by atoms with Crippen LogP contribution in [0.3, 0.4) is 0 Å². The molecule has 13 heavy (non-hydrogen) atoms. The third kappa shape index (κ3) is 7.44. The molecular formula is C11H20N2. The molecule has 0 fully saturated rings. The minimum absolute atomic E-state index is 0.927. The molecule has 0 radical (unpaired) electrons. The van der Waals surface area contributed by atoms with Gasteiger partial charge in [0, 0.05) is 19.7 Å². The summed E-state index contributed by atoms with van der Waals surface area (Å²) in [7, 11) is 1.79. The molecule has 0 spiro atoms. The third-order valence-electron chi connectivity index (χ3n) is 1.84. The lowest BCUT2D eigenvalue weighted by molar-refractivity contribution is 0.681. The Bertz CT molecular complexity index is 181. The molecule has 0 rings (SSSR count). The van der Waals surface area contributed by atoms with Crippen LogP contribution < -0.4 is 0 Å². The second-order valence-electron chi connectivity index (χ2n) is 2.96. The highest BCUT2D eigenvalue weighted by atomic mass is 14.9. The van der Waals surface area contributed by atoms with Crippen LogP contribution in [0.15, 0.2) is 22.6 Å². The number of allylic oxidation sites excluding steroid dienone is 1. The summed E-state index contributed by atoms with van der Waals surface area (Å²) in [6.45, 7) is 5.79. The number of hydrogen-bond acceptors (Lipinski definition) is 1. The van der Waals surface area contributed by atoms with Gasteiger partial charge >= 0.3 is 0 Å². The fraction of sp³-hybridized carbons (Fsp3) is 0.636. The van der Waals surface area contributed by atoms with Crippen molar-refractivity contribution < 1.29 is 0 Å². The van der Waals surface area contributed by atoms with Crippen LogP contribution in [0.2, 0.25) is 0 Å². The van der Waals surface area contributed by atoms with Crippen molar-refractivity contribution in [2.45, 2.75) is 39.0 Å². The Kier molecular flexibility index (Phi) is 8.52. The Morgan fingerprint density at radius 3 is 2.62 bits per heavy atom. The van der Waals surface area contributed by atoms with Gasteiger partial charge in [-0.25, -0.2) is 4.99 Å².